The van der Waals surface area contributed by atoms with E-state index >= 15 is 0 Å². The molecule has 0 aromatic carbocycles. The lowest BCUT2D eigenvalue weighted by atomic mass is 10.1. The number of rotatable bonds is 6. The number of carbonyl (C=O) groups excluding carboxylic acids is 2. The van der Waals surface area contributed by atoms with Crippen LogP contribution in [-0.4, -0.2) is 46.4 Å². The van der Waals surface area contributed by atoms with Crippen molar-refractivity contribution >= 4 is 12.3 Å². The Hall–Kier alpha value is -2.66. The highest BCUT2D eigenvalue weighted by molar-refractivity contribution is 5.63. The fourth-order valence-corrected chi connectivity index (χ4v) is 0.693. The highest BCUT2D eigenvalue weighted by Gasteiger charge is 2.34. The lowest BCUT2D eigenvalue weighted by Gasteiger charge is -2.15. The van der Waals surface area contributed by atoms with E-state index in [0.717, 1.165) is 0 Å². The van der Waals surface area contributed by atoms with Crippen molar-refractivity contribution in [2.45, 2.75) is 38.8 Å². The molecule has 0 aliphatic carbocycles. The third-order valence-electron chi connectivity index (χ3n) is 2.25. The van der Waals surface area contributed by atoms with Gasteiger partial charge in [-0.3, -0.25) is 20.2 Å². The van der Waals surface area contributed by atoms with Gasteiger partial charge in [-0.25, -0.2) is 0 Å². The third kappa shape index (κ3) is 6.67. The largest absolute Gasteiger partial charge is 0.550 e. The molecule has 0 heterocycles. The van der Waals surface area contributed by atoms with Crippen molar-refractivity contribution in [1.29, 1.82) is 0 Å². The smallest absolute Gasteiger partial charge is 0.424 e. The normalized spacial score (nSPS) is 11.3. The van der Waals surface area contributed by atoms with Crippen LogP contribution < -0.4 is 0 Å². The zero-order chi connectivity index (χ0) is 17.6. The van der Waals surface area contributed by atoms with E-state index in [9.17, 15) is 29.8 Å². The predicted octanol–water partition coefficient (Wildman–Crippen LogP) is 1.32. The van der Waals surface area contributed by atoms with Gasteiger partial charge >= 0.3 is 12.3 Å². The summed E-state index contributed by atoms with van der Waals surface area (Å²) in [5.74, 6) is 0. The van der Waals surface area contributed by atoms with Crippen LogP contribution >= 0.6 is 0 Å². The molecule has 0 N–H and O–H groups in total. The van der Waals surface area contributed by atoms with Crippen molar-refractivity contribution in [2.24, 2.45) is 0 Å². The first-order valence-electron chi connectivity index (χ1n) is 5.85. The molecule has 0 aromatic heterocycles. The minimum absolute atomic E-state index is 0.619. The zero-order valence-corrected chi connectivity index (χ0v) is 12.4. The number of nitro groups is 2. The molecule has 0 spiro atoms. The Morgan fingerprint density at radius 3 is 1.32 bits per heavy atom. The molecule has 0 aliphatic rings. The summed E-state index contributed by atoms with van der Waals surface area (Å²) in [5.41, 5.74) is -3.09. The second kappa shape index (κ2) is 7.38. The Balaban J connectivity index is 4.09. The van der Waals surface area contributed by atoms with E-state index in [1.54, 1.807) is 0 Å². The van der Waals surface area contributed by atoms with E-state index in [4.69, 9.17) is 0 Å². The van der Waals surface area contributed by atoms with Crippen LogP contribution in [0.25, 0.3) is 0 Å². The maximum atomic E-state index is 11.0. The molecule has 12 nitrogen and oxygen atoms in total. The van der Waals surface area contributed by atoms with Gasteiger partial charge in [0, 0.05) is 37.5 Å². The van der Waals surface area contributed by atoms with Gasteiger partial charge in [0.15, 0.2) is 13.2 Å². The molecule has 0 amide bonds. The Bertz CT molecular complexity index is 417. The van der Waals surface area contributed by atoms with Crippen LogP contribution in [0.4, 0.5) is 9.59 Å². The molecule has 0 rings (SSSR count). The number of nitrogens with zero attached hydrogens (tertiary/aromatic N) is 2. The van der Waals surface area contributed by atoms with Crippen molar-refractivity contribution in [3.63, 3.8) is 0 Å². The number of hydrogen-bond donors (Lipinski definition) is 0. The molecule has 12 heteroatoms. The first-order valence-corrected chi connectivity index (χ1v) is 5.85. The van der Waals surface area contributed by atoms with Crippen LogP contribution in [0.3, 0.4) is 0 Å². The third-order valence-corrected chi connectivity index (χ3v) is 2.25. The Morgan fingerprint density at radius 2 is 1.09 bits per heavy atom. The van der Waals surface area contributed by atoms with Crippen molar-refractivity contribution in [1.82, 2.24) is 0 Å². The fraction of sp³-hybridized carbons (Fsp3) is 0.800. The number of carbonyl (C=O) groups is 2. The minimum atomic E-state index is -1.55. The molecule has 22 heavy (non-hydrogen) atoms. The lowest BCUT2D eigenvalue weighted by Crippen LogP contribution is -2.38. The first-order chi connectivity index (χ1) is 9.88. The van der Waals surface area contributed by atoms with Crippen LogP contribution in [0.15, 0.2) is 0 Å². The molecule has 126 valence electrons. The van der Waals surface area contributed by atoms with E-state index in [-0.39, 0.29) is 0 Å². The quantitative estimate of drug-likeness (QED) is 0.302. The van der Waals surface area contributed by atoms with Crippen LogP contribution in [0.2, 0.25) is 0 Å². The Labute approximate surface area is 124 Å². The van der Waals surface area contributed by atoms with E-state index in [1.165, 1.54) is 27.7 Å². The molecular weight excluding hydrogens is 308 g/mol. The molecule has 0 aromatic rings. The minimum Gasteiger partial charge on any atom is -0.424 e. The molecule has 0 fully saturated rings. The van der Waals surface area contributed by atoms with Gasteiger partial charge in [0.2, 0.25) is 11.1 Å². The molecule has 0 atom stereocenters. The average Bonchev–Trinajstić information content (AvgIpc) is 2.40. The van der Waals surface area contributed by atoms with Gasteiger partial charge in [0.25, 0.3) is 0 Å². The molecule has 0 unspecified atom stereocenters. The maximum absolute atomic E-state index is 11.0. The second-order valence-electron chi connectivity index (χ2n) is 5.38. The van der Waals surface area contributed by atoms with Crippen molar-refractivity contribution < 1.29 is 38.7 Å². The summed E-state index contributed by atoms with van der Waals surface area (Å²) in [5, 5.41) is 21.1. The van der Waals surface area contributed by atoms with Crippen LogP contribution in [0, 0.1) is 20.2 Å². The van der Waals surface area contributed by atoms with Gasteiger partial charge in [-0.1, -0.05) is 0 Å². The van der Waals surface area contributed by atoms with E-state index < -0.39 is 46.4 Å². The van der Waals surface area contributed by atoms with E-state index in [0.29, 0.717) is 0 Å². The molecule has 0 saturated carbocycles. The van der Waals surface area contributed by atoms with Gasteiger partial charge in [-0.05, 0) is 0 Å². The summed E-state index contributed by atoms with van der Waals surface area (Å²) >= 11 is 0. The summed E-state index contributed by atoms with van der Waals surface area (Å²) < 4.78 is 8.72. The van der Waals surface area contributed by atoms with Gasteiger partial charge in [0.05, 0.1) is 0 Å². The average molecular weight is 324 g/mol. The van der Waals surface area contributed by atoms with Crippen LogP contribution in [0.1, 0.15) is 27.7 Å². The summed E-state index contributed by atoms with van der Waals surface area (Å²) in [6.45, 7) is 3.57. The summed E-state index contributed by atoms with van der Waals surface area (Å²) in [6.07, 6.45) is -3.00. The monoisotopic (exact) mass is 324 g/mol. The zero-order valence-electron chi connectivity index (χ0n) is 12.4. The van der Waals surface area contributed by atoms with Crippen LogP contribution in [0.5, 0.6) is 0 Å². The van der Waals surface area contributed by atoms with Gasteiger partial charge in [-0.2, -0.15) is 19.4 Å². The standard InChI is InChI=1S/C10H16N2O10/c1-9(2,11(15)16)5-19-7(13)21-22-8(14)20-6-10(3,4)12(17)18/h5-6H2,1-4H3. The second-order valence-corrected chi connectivity index (χ2v) is 5.38. The van der Waals surface area contributed by atoms with E-state index in [1.807, 2.05) is 0 Å². The highest BCUT2D eigenvalue weighted by atomic mass is 17.3. The van der Waals surface area contributed by atoms with Gasteiger partial charge < -0.3 is 9.47 Å². The number of hydrogen-bond acceptors (Lipinski definition) is 10. The Kier molecular flexibility index (Phi) is 6.49. The van der Waals surface area contributed by atoms with E-state index in [2.05, 4.69) is 19.2 Å². The molecule has 0 aliphatic heterocycles. The van der Waals surface area contributed by atoms with Gasteiger partial charge in [0.1, 0.15) is 0 Å². The molecule has 0 bridgehead atoms. The van der Waals surface area contributed by atoms with Crippen LogP contribution in [-0.2, 0) is 19.2 Å². The summed E-state index contributed by atoms with van der Waals surface area (Å²) in [4.78, 5) is 49.5. The SMILES string of the molecule is CC(C)(COC(=O)OOC(=O)OCC(C)(C)[N+](=O)[O-])[N+](=O)[O-]. The highest BCUT2D eigenvalue weighted by Crippen LogP contribution is 2.10. The lowest BCUT2D eigenvalue weighted by molar-refractivity contribution is -0.564. The number of ether oxygens (including phenoxy) is 2. The summed E-state index contributed by atoms with van der Waals surface area (Å²) in [7, 11) is 0. The van der Waals surface area contributed by atoms with Crippen molar-refractivity contribution in [3.8, 4) is 0 Å². The molecule has 0 radical (unpaired) electrons. The molecule has 0 saturated heterocycles. The van der Waals surface area contributed by atoms with Gasteiger partial charge in [-0.15, -0.1) is 0 Å². The fourth-order valence-electron chi connectivity index (χ4n) is 0.693. The summed E-state index contributed by atoms with van der Waals surface area (Å²) in [6, 6.07) is 0. The Morgan fingerprint density at radius 1 is 0.818 bits per heavy atom. The first kappa shape index (κ1) is 19.3. The van der Waals surface area contributed by atoms with Crippen molar-refractivity contribution in [2.75, 3.05) is 13.2 Å². The topological polar surface area (TPSA) is 157 Å². The maximum Gasteiger partial charge on any atom is 0.550 e. The molecular formula is C10H16N2O10. The van der Waals surface area contributed by atoms with Crippen molar-refractivity contribution in [3.05, 3.63) is 20.2 Å². The predicted molar refractivity (Wildman–Crippen MR) is 67.0 cm³/mol.